The highest BCUT2D eigenvalue weighted by atomic mass is 79.9. The second kappa shape index (κ2) is 25.1. The minimum absolute atomic E-state index is 0.0447. The molecule has 0 saturated heterocycles. The molecule has 1 N–H and O–H groups in total. The van der Waals surface area contributed by atoms with Gasteiger partial charge < -0.3 is 47.7 Å². The molecule has 6 rings (SSSR count). The molecule has 0 bridgehead atoms. The quantitative estimate of drug-likeness (QED) is 0.0391. The van der Waals surface area contributed by atoms with Crippen molar-refractivity contribution < 1.29 is 57.3 Å². The maximum atomic E-state index is 14.0. The molecule has 5 aromatic carbocycles. The molecule has 0 heterocycles. The van der Waals surface area contributed by atoms with Crippen LogP contribution >= 0.6 is 15.9 Å². The zero-order valence-electron chi connectivity index (χ0n) is 37.7. The molecule has 1 unspecified atom stereocenters. The number of esters is 2. The van der Waals surface area contributed by atoms with E-state index < -0.39 is 17.4 Å². The van der Waals surface area contributed by atoms with E-state index in [1.807, 2.05) is 54.6 Å². The zero-order valence-corrected chi connectivity index (χ0v) is 39.2. The Morgan fingerprint density at radius 1 is 0.585 bits per heavy atom. The first-order chi connectivity index (χ1) is 31.8. The Balaban J connectivity index is 1.48. The number of aryl methyl sites for hydroxylation is 1. The first-order valence-electron chi connectivity index (χ1n) is 22.0. The molecule has 1 atom stereocenters. The number of methoxy groups -OCH3 is 1. The van der Waals surface area contributed by atoms with Crippen molar-refractivity contribution in [3.05, 3.63) is 146 Å². The van der Waals surface area contributed by atoms with Gasteiger partial charge in [0.25, 0.3) is 0 Å². The van der Waals surface area contributed by atoms with E-state index >= 15 is 0 Å². The van der Waals surface area contributed by atoms with Gasteiger partial charge in [-0.1, -0.05) is 76.6 Å². The lowest BCUT2D eigenvalue weighted by Crippen LogP contribution is -2.30. The topological polar surface area (TPSA) is 137 Å². The monoisotopic (exact) mass is 954 g/mol. The number of aliphatic hydroxyl groups excluding tert-OH is 1. The molecular formula is C52H59BrO12. The smallest absolute Gasteiger partial charge is 0.341 e. The molecule has 0 fully saturated rings. The standard InChI is InChI=1S/C52H59BrO12/c1-5-63-50(55)43-32-40(14-12-39(43)35-62-27-26-60-23-22-58-19-18-54)52(41-15-17-49(45(33-41)51(56)64-6-2)65-29-28-61-25-24-59-21-20-57-4)46-31-38(37-10-8-7-9-11-37)13-16-42(46)44-30-36(3)48(53)34-47(44)52/h7-17,30-34,54H,5-6,18-29,35H2,1-4H3. The third-order valence-corrected chi connectivity index (χ3v) is 11.9. The normalized spacial score (nSPS) is 13.9. The van der Waals surface area contributed by atoms with E-state index in [1.54, 1.807) is 21.0 Å². The summed E-state index contributed by atoms with van der Waals surface area (Å²) in [5.74, 6) is -0.665. The van der Waals surface area contributed by atoms with Crippen LogP contribution < -0.4 is 4.74 Å². The Bertz CT molecular complexity index is 2240. The molecular weight excluding hydrogens is 896 g/mol. The van der Waals surface area contributed by atoms with Crippen LogP contribution in [0.4, 0.5) is 0 Å². The summed E-state index contributed by atoms with van der Waals surface area (Å²) >= 11 is 3.87. The molecule has 12 nitrogen and oxygen atoms in total. The van der Waals surface area contributed by atoms with Crippen molar-refractivity contribution in [1.82, 2.24) is 0 Å². The Kier molecular flexibility index (Phi) is 19.1. The van der Waals surface area contributed by atoms with Gasteiger partial charge >= 0.3 is 11.9 Å². The highest BCUT2D eigenvalue weighted by molar-refractivity contribution is 9.10. The van der Waals surface area contributed by atoms with E-state index in [0.717, 1.165) is 54.5 Å². The van der Waals surface area contributed by atoms with Crippen molar-refractivity contribution in [1.29, 1.82) is 0 Å². The van der Waals surface area contributed by atoms with Crippen molar-refractivity contribution in [2.24, 2.45) is 0 Å². The molecule has 346 valence electrons. The van der Waals surface area contributed by atoms with Crippen LogP contribution in [0.5, 0.6) is 5.75 Å². The van der Waals surface area contributed by atoms with Crippen LogP contribution in [-0.2, 0) is 49.9 Å². The number of carbonyl (C=O) groups excluding carboxylic acids is 2. The van der Waals surface area contributed by atoms with Crippen LogP contribution in [0.3, 0.4) is 0 Å². The zero-order chi connectivity index (χ0) is 46.0. The van der Waals surface area contributed by atoms with Crippen molar-refractivity contribution in [3.8, 4) is 28.0 Å². The maximum absolute atomic E-state index is 14.0. The predicted molar refractivity (Wildman–Crippen MR) is 251 cm³/mol. The average molecular weight is 956 g/mol. The molecule has 0 amide bonds. The molecule has 0 spiro atoms. The molecule has 0 aliphatic heterocycles. The summed E-state index contributed by atoms with van der Waals surface area (Å²) in [7, 11) is 1.62. The van der Waals surface area contributed by atoms with E-state index in [4.69, 9.17) is 47.7 Å². The average Bonchev–Trinajstić information content (AvgIpc) is 3.59. The van der Waals surface area contributed by atoms with Gasteiger partial charge in [0.2, 0.25) is 0 Å². The van der Waals surface area contributed by atoms with Crippen LogP contribution in [0.2, 0.25) is 0 Å². The van der Waals surface area contributed by atoms with E-state index in [2.05, 4.69) is 65.3 Å². The lowest BCUT2D eigenvalue weighted by Gasteiger charge is -2.35. The maximum Gasteiger partial charge on any atom is 0.341 e. The van der Waals surface area contributed by atoms with Gasteiger partial charge in [-0.3, -0.25) is 0 Å². The number of benzene rings is 5. The molecule has 0 aromatic heterocycles. The number of fused-ring (bicyclic) bond motifs is 3. The summed E-state index contributed by atoms with van der Waals surface area (Å²) in [5.41, 5.74) is 8.78. The number of hydrogen-bond donors (Lipinski definition) is 1. The number of halogens is 1. The molecule has 1 aliphatic carbocycles. The van der Waals surface area contributed by atoms with Gasteiger partial charge in [0, 0.05) is 11.6 Å². The highest BCUT2D eigenvalue weighted by Crippen LogP contribution is 2.58. The van der Waals surface area contributed by atoms with Crippen LogP contribution in [0.1, 0.15) is 67.9 Å². The second-order valence-electron chi connectivity index (χ2n) is 15.1. The summed E-state index contributed by atoms with van der Waals surface area (Å²) in [4.78, 5) is 28.0. The first-order valence-corrected chi connectivity index (χ1v) is 22.8. The van der Waals surface area contributed by atoms with E-state index in [-0.39, 0.29) is 58.4 Å². The molecule has 0 saturated carbocycles. The van der Waals surface area contributed by atoms with Gasteiger partial charge in [0.05, 0.1) is 103 Å². The Labute approximate surface area is 390 Å². The molecule has 1 aliphatic rings. The lowest BCUT2D eigenvalue weighted by atomic mass is 9.66. The van der Waals surface area contributed by atoms with Crippen molar-refractivity contribution in [3.63, 3.8) is 0 Å². The van der Waals surface area contributed by atoms with Crippen LogP contribution in [-0.4, -0.2) is 117 Å². The number of carbonyl (C=O) groups is 2. The van der Waals surface area contributed by atoms with Crippen molar-refractivity contribution in [2.75, 3.05) is 99.6 Å². The van der Waals surface area contributed by atoms with E-state index in [0.29, 0.717) is 63.1 Å². The largest absolute Gasteiger partial charge is 0.490 e. The third-order valence-electron chi connectivity index (χ3n) is 11.0. The lowest BCUT2D eigenvalue weighted by molar-refractivity contribution is 0.00429. The third kappa shape index (κ3) is 12.1. The van der Waals surface area contributed by atoms with E-state index in [1.165, 1.54) is 0 Å². The Morgan fingerprint density at radius 3 is 1.83 bits per heavy atom. The van der Waals surface area contributed by atoms with Gasteiger partial charge in [-0.2, -0.15) is 0 Å². The van der Waals surface area contributed by atoms with Gasteiger partial charge in [-0.05, 0) is 113 Å². The molecule has 65 heavy (non-hydrogen) atoms. The first kappa shape index (κ1) is 49.5. The van der Waals surface area contributed by atoms with Crippen LogP contribution in [0.25, 0.3) is 22.3 Å². The van der Waals surface area contributed by atoms with Gasteiger partial charge in [-0.15, -0.1) is 0 Å². The fourth-order valence-corrected chi connectivity index (χ4v) is 8.34. The van der Waals surface area contributed by atoms with Crippen molar-refractivity contribution in [2.45, 2.75) is 32.8 Å². The number of ether oxygens (including phenoxy) is 9. The SMILES string of the molecule is CCOC(=O)c1cc(C2(c3ccc(OCCOCCOCCOC)c(C(=O)OCC)c3)c3cc(-c4ccccc4)ccc3-c3cc(C)c(Br)cc32)ccc1COCCOCCOCCO. The number of hydrogen-bond acceptors (Lipinski definition) is 12. The van der Waals surface area contributed by atoms with Crippen LogP contribution in [0, 0.1) is 6.92 Å². The summed E-state index contributed by atoms with van der Waals surface area (Å²) < 4.78 is 51.7. The second-order valence-corrected chi connectivity index (χ2v) is 16.0. The highest BCUT2D eigenvalue weighted by Gasteiger charge is 2.47. The van der Waals surface area contributed by atoms with Gasteiger partial charge in [-0.25, -0.2) is 9.59 Å². The Morgan fingerprint density at radius 2 is 1.17 bits per heavy atom. The van der Waals surface area contributed by atoms with Gasteiger partial charge in [0.1, 0.15) is 17.9 Å². The number of aliphatic hydroxyl groups is 1. The fourth-order valence-electron chi connectivity index (χ4n) is 8.00. The Hall–Kier alpha value is -4.96. The number of rotatable bonds is 27. The fraction of sp³-hybridized carbons (Fsp3) is 0.385. The molecule has 0 radical (unpaired) electrons. The summed E-state index contributed by atoms with van der Waals surface area (Å²) in [6.07, 6.45) is 0. The van der Waals surface area contributed by atoms with Crippen LogP contribution in [0.15, 0.2) is 102 Å². The summed E-state index contributed by atoms with van der Waals surface area (Å²) in [6.45, 7) is 9.88. The summed E-state index contributed by atoms with van der Waals surface area (Å²) in [5, 5.41) is 8.93. The van der Waals surface area contributed by atoms with E-state index in [9.17, 15) is 9.59 Å². The molecule has 13 heteroatoms. The molecule has 5 aromatic rings. The van der Waals surface area contributed by atoms with Gasteiger partial charge in [0.15, 0.2) is 0 Å². The minimum atomic E-state index is -1.08. The van der Waals surface area contributed by atoms with Crippen molar-refractivity contribution >= 4 is 27.9 Å². The minimum Gasteiger partial charge on any atom is -0.490 e. The predicted octanol–water partition coefficient (Wildman–Crippen LogP) is 8.74. The summed E-state index contributed by atoms with van der Waals surface area (Å²) in [6, 6.07) is 32.5.